The van der Waals surface area contributed by atoms with Gasteiger partial charge < -0.3 is 19.5 Å². The number of carbonyl (C=O) groups excluding carboxylic acids is 1. The van der Waals surface area contributed by atoms with E-state index in [4.69, 9.17) is 9.15 Å². The fourth-order valence-electron chi connectivity index (χ4n) is 4.64. The van der Waals surface area contributed by atoms with E-state index in [1.807, 2.05) is 43.5 Å². The Morgan fingerprint density at radius 2 is 2.03 bits per heavy atom. The van der Waals surface area contributed by atoms with Crippen LogP contribution in [0.3, 0.4) is 0 Å². The molecule has 32 heavy (non-hydrogen) atoms. The van der Waals surface area contributed by atoms with Crippen LogP contribution in [0.2, 0.25) is 0 Å². The Bertz CT molecular complexity index is 1380. The second kappa shape index (κ2) is 8.19. The Morgan fingerprint density at radius 1 is 1.22 bits per heavy atom. The van der Waals surface area contributed by atoms with Gasteiger partial charge in [0.15, 0.2) is 6.10 Å². The molecule has 1 aliphatic carbocycles. The number of ether oxygens (including phenoxy) is 1. The highest BCUT2D eigenvalue weighted by molar-refractivity contribution is 5.90. The maximum absolute atomic E-state index is 12.7. The van der Waals surface area contributed by atoms with Crippen molar-refractivity contribution >= 4 is 27.8 Å². The number of carbonyl (C=O) groups is 1. The average molecular weight is 431 g/mol. The van der Waals surface area contributed by atoms with E-state index in [9.17, 15) is 9.59 Å². The molecule has 0 bridgehead atoms. The maximum atomic E-state index is 12.7. The van der Waals surface area contributed by atoms with Gasteiger partial charge in [0.1, 0.15) is 11.3 Å². The molecule has 6 nitrogen and oxygen atoms in total. The third-order valence-electron chi connectivity index (χ3n) is 6.22. The van der Waals surface area contributed by atoms with Crippen LogP contribution < -0.4 is 15.7 Å². The Labute approximate surface area is 185 Å². The zero-order valence-corrected chi connectivity index (χ0v) is 18.3. The lowest BCUT2D eigenvalue weighted by Gasteiger charge is -2.18. The summed E-state index contributed by atoms with van der Waals surface area (Å²) in [5, 5.41) is 4.97. The SMILES string of the molecule is Cc1cc(O[C@@H](C)C(=O)NCCc2c[nH]c3ccccc23)c2c3c(c(=O)oc2c1)CCC3. The number of amides is 1. The van der Waals surface area contributed by atoms with Crippen molar-refractivity contribution in [2.45, 2.75) is 45.6 Å². The molecule has 0 saturated carbocycles. The third kappa shape index (κ3) is 3.66. The van der Waals surface area contributed by atoms with Crippen molar-refractivity contribution < 1.29 is 13.9 Å². The first-order chi connectivity index (χ1) is 15.5. The molecule has 6 heteroatoms. The van der Waals surface area contributed by atoms with E-state index in [2.05, 4.69) is 16.4 Å². The van der Waals surface area contributed by atoms with Crippen LogP contribution in [-0.2, 0) is 24.1 Å². The van der Waals surface area contributed by atoms with Crippen LogP contribution in [0.25, 0.3) is 21.9 Å². The molecule has 0 aliphatic heterocycles. The minimum Gasteiger partial charge on any atom is -0.480 e. The monoisotopic (exact) mass is 430 g/mol. The minimum atomic E-state index is -0.674. The second-order valence-corrected chi connectivity index (χ2v) is 8.50. The molecule has 0 unspecified atom stereocenters. The minimum absolute atomic E-state index is 0.173. The zero-order chi connectivity index (χ0) is 22.2. The van der Waals surface area contributed by atoms with Gasteiger partial charge in [0.25, 0.3) is 5.91 Å². The molecular weight excluding hydrogens is 404 g/mol. The van der Waals surface area contributed by atoms with Crippen molar-refractivity contribution in [2.75, 3.05) is 6.54 Å². The molecule has 164 valence electrons. The molecule has 0 radical (unpaired) electrons. The van der Waals surface area contributed by atoms with Crippen molar-refractivity contribution in [3.8, 4) is 5.75 Å². The molecule has 1 aliphatic rings. The Balaban J connectivity index is 1.31. The number of aromatic amines is 1. The first-order valence-corrected chi connectivity index (χ1v) is 11.1. The number of aromatic nitrogens is 1. The van der Waals surface area contributed by atoms with E-state index < -0.39 is 6.10 Å². The molecular formula is C26H26N2O4. The van der Waals surface area contributed by atoms with E-state index in [1.54, 1.807) is 6.92 Å². The van der Waals surface area contributed by atoms with Crippen LogP contribution in [0.4, 0.5) is 0 Å². The Morgan fingerprint density at radius 3 is 2.91 bits per heavy atom. The van der Waals surface area contributed by atoms with E-state index in [0.717, 1.165) is 53.3 Å². The van der Waals surface area contributed by atoms with Crippen LogP contribution >= 0.6 is 0 Å². The van der Waals surface area contributed by atoms with E-state index >= 15 is 0 Å². The highest BCUT2D eigenvalue weighted by Crippen LogP contribution is 2.35. The van der Waals surface area contributed by atoms with Gasteiger partial charge in [0.2, 0.25) is 0 Å². The number of rotatable bonds is 6. The normalized spacial score (nSPS) is 13.9. The van der Waals surface area contributed by atoms with Crippen LogP contribution in [0.15, 0.2) is 51.8 Å². The van der Waals surface area contributed by atoms with E-state index in [0.29, 0.717) is 17.9 Å². The molecule has 2 aromatic carbocycles. The molecule has 2 heterocycles. The average Bonchev–Trinajstić information content (AvgIpc) is 3.41. The van der Waals surface area contributed by atoms with Gasteiger partial charge in [-0.1, -0.05) is 18.2 Å². The smallest absolute Gasteiger partial charge is 0.339 e. The molecule has 0 fully saturated rings. The molecule has 0 spiro atoms. The van der Waals surface area contributed by atoms with Crippen molar-refractivity contribution in [3.63, 3.8) is 0 Å². The summed E-state index contributed by atoms with van der Waals surface area (Å²) in [5.74, 6) is 0.426. The van der Waals surface area contributed by atoms with Gasteiger partial charge in [0, 0.05) is 29.2 Å². The summed E-state index contributed by atoms with van der Waals surface area (Å²) < 4.78 is 11.7. The van der Waals surface area contributed by atoms with Gasteiger partial charge in [0.05, 0.1) is 5.39 Å². The number of hydrogen-bond acceptors (Lipinski definition) is 4. The summed E-state index contributed by atoms with van der Waals surface area (Å²) in [6.07, 6.45) is 4.52. The number of benzene rings is 2. The number of hydrogen-bond donors (Lipinski definition) is 2. The fraction of sp³-hybridized carbons (Fsp3) is 0.308. The van der Waals surface area contributed by atoms with Crippen LogP contribution in [0.5, 0.6) is 5.75 Å². The van der Waals surface area contributed by atoms with Crippen LogP contribution in [0, 0.1) is 6.92 Å². The molecule has 2 aromatic heterocycles. The standard InChI is InChI=1S/C26H26N2O4/c1-15-12-22(24-19-7-5-8-20(19)26(30)32-23(24)13-15)31-16(2)25(29)27-11-10-17-14-28-21-9-4-3-6-18(17)21/h3-4,6,9,12-14,16,28H,5,7-8,10-11H2,1-2H3,(H,27,29)/t16-/m0/s1. The first-order valence-electron chi connectivity index (χ1n) is 11.1. The van der Waals surface area contributed by atoms with Gasteiger partial charge in [-0.05, 0) is 74.4 Å². The molecule has 2 N–H and O–H groups in total. The quantitative estimate of drug-likeness (QED) is 0.449. The number of para-hydroxylation sites is 1. The Kier molecular flexibility index (Phi) is 5.21. The van der Waals surface area contributed by atoms with Gasteiger partial charge in [-0.2, -0.15) is 0 Å². The fourth-order valence-corrected chi connectivity index (χ4v) is 4.64. The van der Waals surface area contributed by atoms with Crippen molar-refractivity contribution in [3.05, 3.63) is 75.3 Å². The van der Waals surface area contributed by atoms with Gasteiger partial charge in [-0.25, -0.2) is 4.79 Å². The lowest BCUT2D eigenvalue weighted by atomic mass is 10.0. The second-order valence-electron chi connectivity index (χ2n) is 8.50. The molecule has 1 atom stereocenters. The molecule has 4 aromatic rings. The van der Waals surface area contributed by atoms with Crippen molar-refractivity contribution in [1.82, 2.24) is 10.3 Å². The van der Waals surface area contributed by atoms with Gasteiger partial charge in [-0.15, -0.1) is 0 Å². The zero-order valence-electron chi connectivity index (χ0n) is 18.3. The lowest BCUT2D eigenvalue weighted by Crippen LogP contribution is -2.37. The highest BCUT2D eigenvalue weighted by atomic mass is 16.5. The predicted octanol–water partition coefficient (Wildman–Crippen LogP) is 4.20. The molecule has 0 saturated heterocycles. The van der Waals surface area contributed by atoms with Crippen LogP contribution in [0.1, 0.15) is 35.6 Å². The highest BCUT2D eigenvalue weighted by Gasteiger charge is 2.24. The van der Waals surface area contributed by atoms with Crippen LogP contribution in [-0.4, -0.2) is 23.5 Å². The van der Waals surface area contributed by atoms with Gasteiger partial charge >= 0.3 is 5.63 Å². The van der Waals surface area contributed by atoms with E-state index in [1.165, 1.54) is 10.9 Å². The van der Waals surface area contributed by atoms with Crippen molar-refractivity contribution in [1.29, 1.82) is 0 Å². The predicted molar refractivity (Wildman–Crippen MR) is 124 cm³/mol. The summed E-state index contributed by atoms with van der Waals surface area (Å²) in [6.45, 7) is 4.19. The summed E-state index contributed by atoms with van der Waals surface area (Å²) in [6, 6.07) is 11.9. The summed E-state index contributed by atoms with van der Waals surface area (Å²) in [7, 11) is 0. The number of nitrogens with one attached hydrogen (secondary N) is 2. The maximum Gasteiger partial charge on any atom is 0.339 e. The summed E-state index contributed by atoms with van der Waals surface area (Å²) in [4.78, 5) is 28.3. The molecule has 5 rings (SSSR count). The Hall–Kier alpha value is -3.54. The first kappa shape index (κ1) is 20.4. The summed E-state index contributed by atoms with van der Waals surface area (Å²) in [5.41, 5.74) is 5.18. The number of fused-ring (bicyclic) bond motifs is 4. The number of aryl methyl sites for hydroxylation is 2. The van der Waals surface area contributed by atoms with E-state index in [-0.39, 0.29) is 11.5 Å². The topological polar surface area (TPSA) is 84.3 Å². The lowest BCUT2D eigenvalue weighted by molar-refractivity contribution is -0.127. The third-order valence-corrected chi connectivity index (χ3v) is 6.22. The molecule has 1 amide bonds. The van der Waals surface area contributed by atoms with Gasteiger partial charge in [-0.3, -0.25) is 4.79 Å². The number of H-pyrrole nitrogens is 1. The largest absolute Gasteiger partial charge is 0.480 e. The summed E-state index contributed by atoms with van der Waals surface area (Å²) >= 11 is 0. The van der Waals surface area contributed by atoms with Crippen molar-refractivity contribution in [2.24, 2.45) is 0 Å².